The number of carbonyl (C=O) groups is 1. The quantitative estimate of drug-likeness (QED) is 0.336. The van der Waals surface area contributed by atoms with E-state index in [-0.39, 0.29) is 5.56 Å². The van der Waals surface area contributed by atoms with Crippen molar-refractivity contribution in [2.24, 2.45) is 0 Å². The Hall–Kier alpha value is -3.40. The molecule has 0 bridgehead atoms. The number of thiazole rings is 1. The SMILES string of the molecule is CC(C)(C)NS(=O)(=O)c1cc(C(=O)Nc2nc(-c3ccccc3)c(-c3ccccc3)s2)ccc1F. The van der Waals surface area contributed by atoms with Gasteiger partial charge in [-0.2, -0.15) is 0 Å². The van der Waals surface area contributed by atoms with E-state index in [1.807, 2.05) is 60.7 Å². The number of rotatable bonds is 6. The molecule has 0 fully saturated rings. The van der Waals surface area contributed by atoms with E-state index in [9.17, 15) is 17.6 Å². The Morgan fingerprint density at radius 3 is 2.11 bits per heavy atom. The zero-order chi connectivity index (χ0) is 25.2. The zero-order valence-corrected chi connectivity index (χ0v) is 21.0. The van der Waals surface area contributed by atoms with Gasteiger partial charge in [-0.15, -0.1) is 0 Å². The molecule has 1 heterocycles. The summed E-state index contributed by atoms with van der Waals surface area (Å²) in [4.78, 5) is 17.9. The van der Waals surface area contributed by atoms with Crippen molar-refractivity contribution in [2.75, 3.05) is 5.32 Å². The molecule has 0 aliphatic heterocycles. The van der Waals surface area contributed by atoms with Crippen LogP contribution in [0.4, 0.5) is 9.52 Å². The van der Waals surface area contributed by atoms with Gasteiger partial charge in [-0.25, -0.2) is 22.5 Å². The number of carbonyl (C=O) groups excluding carboxylic acids is 1. The number of hydrogen-bond acceptors (Lipinski definition) is 5. The maximum Gasteiger partial charge on any atom is 0.257 e. The average Bonchev–Trinajstić information content (AvgIpc) is 3.22. The van der Waals surface area contributed by atoms with Gasteiger partial charge >= 0.3 is 0 Å². The number of nitrogens with one attached hydrogen (secondary N) is 2. The lowest BCUT2D eigenvalue weighted by Gasteiger charge is -2.20. The third kappa shape index (κ3) is 5.82. The Morgan fingerprint density at radius 1 is 0.914 bits per heavy atom. The van der Waals surface area contributed by atoms with Crippen molar-refractivity contribution in [3.8, 4) is 21.7 Å². The highest BCUT2D eigenvalue weighted by molar-refractivity contribution is 7.89. The second-order valence-corrected chi connectivity index (χ2v) is 11.5. The van der Waals surface area contributed by atoms with Crippen LogP contribution in [0.2, 0.25) is 0 Å². The fourth-order valence-electron chi connectivity index (χ4n) is 3.43. The van der Waals surface area contributed by atoms with Crippen molar-refractivity contribution in [1.29, 1.82) is 0 Å². The largest absolute Gasteiger partial charge is 0.298 e. The lowest BCUT2D eigenvalue weighted by Crippen LogP contribution is -2.40. The maximum atomic E-state index is 14.4. The Bertz CT molecular complexity index is 1410. The molecule has 0 saturated carbocycles. The van der Waals surface area contributed by atoms with Crippen LogP contribution in [0, 0.1) is 5.82 Å². The Morgan fingerprint density at radius 2 is 1.51 bits per heavy atom. The number of aromatic nitrogens is 1. The zero-order valence-electron chi connectivity index (χ0n) is 19.4. The van der Waals surface area contributed by atoms with Crippen LogP contribution in [0.15, 0.2) is 83.8 Å². The van der Waals surface area contributed by atoms with E-state index in [0.717, 1.165) is 28.1 Å². The first-order chi connectivity index (χ1) is 16.5. The highest BCUT2D eigenvalue weighted by Gasteiger charge is 2.26. The van der Waals surface area contributed by atoms with Crippen molar-refractivity contribution in [3.05, 3.63) is 90.2 Å². The molecular formula is C26H24FN3O3S2. The van der Waals surface area contributed by atoms with Gasteiger partial charge in [0.2, 0.25) is 10.0 Å². The van der Waals surface area contributed by atoms with E-state index >= 15 is 0 Å². The van der Waals surface area contributed by atoms with Crippen LogP contribution in [0.1, 0.15) is 31.1 Å². The van der Waals surface area contributed by atoms with Gasteiger partial charge in [0.05, 0.1) is 10.6 Å². The van der Waals surface area contributed by atoms with Crippen LogP contribution in [0.25, 0.3) is 21.7 Å². The van der Waals surface area contributed by atoms with Gasteiger partial charge in [-0.3, -0.25) is 10.1 Å². The summed E-state index contributed by atoms with van der Waals surface area (Å²) in [5.41, 5.74) is 1.75. The standard InChI is InChI=1S/C26H24FN3O3S2/c1-26(2,3)30-35(32,33)21-16-19(14-15-20(21)27)24(31)29-25-28-22(17-10-6-4-7-11-17)23(34-25)18-12-8-5-9-13-18/h4-16,30H,1-3H3,(H,28,29,31). The molecule has 0 unspecified atom stereocenters. The van der Waals surface area contributed by atoms with Gasteiger partial charge in [-0.05, 0) is 44.5 Å². The van der Waals surface area contributed by atoms with E-state index in [0.29, 0.717) is 10.8 Å². The van der Waals surface area contributed by atoms with Crippen LogP contribution >= 0.6 is 11.3 Å². The normalized spacial score (nSPS) is 11.9. The molecule has 0 aliphatic carbocycles. The molecule has 180 valence electrons. The van der Waals surface area contributed by atoms with Crippen molar-refractivity contribution in [2.45, 2.75) is 31.2 Å². The molecular weight excluding hydrogens is 485 g/mol. The first kappa shape index (κ1) is 24.7. The minimum atomic E-state index is -4.17. The summed E-state index contributed by atoms with van der Waals surface area (Å²) in [6.45, 7) is 4.95. The Kier molecular flexibility index (Phi) is 6.84. The van der Waals surface area contributed by atoms with Crippen molar-refractivity contribution in [1.82, 2.24) is 9.71 Å². The van der Waals surface area contributed by atoms with Crippen LogP contribution < -0.4 is 10.0 Å². The minimum absolute atomic E-state index is 0.00148. The van der Waals surface area contributed by atoms with Gasteiger partial charge in [-0.1, -0.05) is 72.0 Å². The predicted octanol–water partition coefficient (Wildman–Crippen LogP) is 5.95. The number of hydrogen-bond donors (Lipinski definition) is 2. The highest BCUT2D eigenvalue weighted by Crippen LogP contribution is 2.39. The number of nitrogens with zero attached hydrogens (tertiary/aromatic N) is 1. The number of amides is 1. The third-order valence-corrected chi connectivity index (χ3v) is 7.65. The average molecular weight is 510 g/mol. The summed E-state index contributed by atoms with van der Waals surface area (Å²) >= 11 is 1.30. The number of sulfonamides is 1. The highest BCUT2D eigenvalue weighted by atomic mass is 32.2. The maximum absolute atomic E-state index is 14.4. The molecule has 2 N–H and O–H groups in total. The molecule has 0 saturated heterocycles. The van der Waals surface area contributed by atoms with Crippen molar-refractivity contribution >= 4 is 32.4 Å². The first-order valence-corrected chi connectivity index (χ1v) is 13.1. The predicted molar refractivity (Wildman–Crippen MR) is 137 cm³/mol. The third-order valence-electron chi connectivity index (χ3n) is 4.85. The molecule has 0 aliphatic rings. The molecule has 9 heteroatoms. The second-order valence-electron chi connectivity index (χ2n) is 8.88. The topological polar surface area (TPSA) is 88.2 Å². The molecule has 0 atom stereocenters. The summed E-state index contributed by atoms with van der Waals surface area (Å²) in [6.07, 6.45) is 0. The van der Waals surface area contributed by atoms with Crippen LogP contribution in [0.5, 0.6) is 0 Å². The number of halogens is 1. The lowest BCUT2D eigenvalue weighted by atomic mass is 10.1. The van der Waals surface area contributed by atoms with Crippen molar-refractivity contribution in [3.63, 3.8) is 0 Å². The van der Waals surface area contributed by atoms with E-state index in [4.69, 9.17) is 0 Å². The van der Waals surface area contributed by atoms with Crippen LogP contribution in [-0.2, 0) is 10.0 Å². The second kappa shape index (κ2) is 9.69. The molecule has 3 aromatic carbocycles. The van der Waals surface area contributed by atoms with Crippen LogP contribution in [0.3, 0.4) is 0 Å². The molecule has 0 spiro atoms. The molecule has 6 nitrogen and oxygen atoms in total. The monoisotopic (exact) mass is 509 g/mol. The molecule has 1 amide bonds. The summed E-state index contributed by atoms with van der Waals surface area (Å²) in [5, 5.41) is 3.08. The van der Waals surface area contributed by atoms with E-state index < -0.39 is 32.2 Å². The minimum Gasteiger partial charge on any atom is -0.298 e. The van der Waals surface area contributed by atoms with Crippen molar-refractivity contribution < 1.29 is 17.6 Å². The summed E-state index contributed by atoms with van der Waals surface area (Å²) in [6, 6.07) is 22.5. The molecule has 0 radical (unpaired) electrons. The number of anilines is 1. The van der Waals surface area contributed by atoms with Gasteiger partial charge in [0.25, 0.3) is 5.91 Å². The van der Waals surface area contributed by atoms with E-state index in [2.05, 4.69) is 15.0 Å². The van der Waals surface area contributed by atoms with Gasteiger partial charge in [0.15, 0.2) is 5.13 Å². The fraction of sp³-hybridized carbons (Fsp3) is 0.154. The summed E-state index contributed by atoms with van der Waals surface area (Å²) < 4.78 is 42.1. The Balaban J connectivity index is 1.68. The molecule has 4 aromatic rings. The van der Waals surface area contributed by atoms with Gasteiger partial charge < -0.3 is 0 Å². The molecule has 1 aromatic heterocycles. The fourth-order valence-corrected chi connectivity index (χ4v) is 5.94. The smallest absolute Gasteiger partial charge is 0.257 e. The van der Waals surface area contributed by atoms with Gasteiger partial charge in [0.1, 0.15) is 10.7 Å². The Labute approximate surface area is 207 Å². The van der Waals surface area contributed by atoms with E-state index in [1.54, 1.807) is 20.8 Å². The molecule has 35 heavy (non-hydrogen) atoms. The summed E-state index contributed by atoms with van der Waals surface area (Å²) in [5.74, 6) is -1.53. The van der Waals surface area contributed by atoms with Crippen LogP contribution in [-0.4, -0.2) is 24.8 Å². The lowest BCUT2D eigenvalue weighted by molar-refractivity contribution is 0.102. The van der Waals surface area contributed by atoms with E-state index in [1.165, 1.54) is 17.4 Å². The number of benzene rings is 3. The summed E-state index contributed by atoms with van der Waals surface area (Å²) in [7, 11) is -4.17. The molecule has 4 rings (SSSR count). The van der Waals surface area contributed by atoms with Gasteiger partial charge in [0, 0.05) is 16.7 Å². The first-order valence-electron chi connectivity index (χ1n) is 10.8.